The van der Waals surface area contributed by atoms with E-state index in [0.29, 0.717) is 24.7 Å². The lowest BCUT2D eigenvalue weighted by atomic mass is 9.96. The van der Waals surface area contributed by atoms with Crippen LogP contribution in [0.4, 0.5) is 19.0 Å². The Morgan fingerprint density at radius 1 is 1.09 bits per heavy atom. The smallest absolute Gasteiger partial charge is 0.369 e. The lowest BCUT2D eigenvalue weighted by Crippen LogP contribution is -2.40. The van der Waals surface area contributed by atoms with Crippen LogP contribution in [0.3, 0.4) is 0 Å². The first-order chi connectivity index (χ1) is 16.8. The fourth-order valence-corrected chi connectivity index (χ4v) is 4.82. The molecule has 35 heavy (non-hydrogen) atoms. The number of carbonyl (C=O) groups excluding carboxylic acids is 1. The summed E-state index contributed by atoms with van der Waals surface area (Å²) in [5.41, 5.74) is 5.98. The lowest BCUT2D eigenvalue weighted by molar-refractivity contribution is -0.137. The summed E-state index contributed by atoms with van der Waals surface area (Å²) in [4.78, 5) is 28.6. The molecule has 0 unspecified atom stereocenters. The molecule has 2 N–H and O–H groups in total. The van der Waals surface area contributed by atoms with E-state index < -0.39 is 11.7 Å². The maximum atomic E-state index is 12.9. The summed E-state index contributed by atoms with van der Waals surface area (Å²) in [5, 5.41) is 0.928. The molecule has 8 nitrogen and oxygen atoms in total. The lowest BCUT2D eigenvalue weighted by Gasteiger charge is -2.31. The fraction of sp³-hybridized carbons (Fsp3) is 0.500. The van der Waals surface area contributed by atoms with Gasteiger partial charge in [-0.2, -0.15) is 13.2 Å². The van der Waals surface area contributed by atoms with Crippen LogP contribution in [0.2, 0.25) is 0 Å². The predicted octanol–water partition coefficient (Wildman–Crippen LogP) is 3.21. The van der Waals surface area contributed by atoms with Gasteiger partial charge in [0.15, 0.2) is 0 Å². The molecule has 1 saturated heterocycles. The minimum Gasteiger partial charge on any atom is -0.369 e. The normalized spacial score (nSPS) is 17.7. The third-order valence-corrected chi connectivity index (χ3v) is 6.82. The number of nitrogens with zero attached hydrogens (tertiary/aromatic N) is 6. The highest BCUT2D eigenvalue weighted by Gasteiger charge is 2.33. The molecule has 4 heterocycles. The van der Waals surface area contributed by atoms with Crippen LogP contribution in [-0.4, -0.2) is 56.0 Å². The standard InChI is InChI=1S/C24H28F3N7O/c25-24(26,27)17-1-2-18(29-11-17)13-34(19-3-4-19)23-20-7-10-33(22(20)30-15-31-23)12-16-5-8-32(9-6-16)14-21(28)35/h1-2,7,10-11,15-16,19H,3-6,8-9,12-14H2,(H2,28,35). The van der Waals surface area contributed by atoms with Gasteiger partial charge in [0.05, 0.1) is 29.7 Å². The van der Waals surface area contributed by atoms with Gasteiger partial charge in [-0.1, -0.05) is 0 Å². The van der Waals surface area contributed by atoms with Gasteiger partial charge in [-0.25, -0.2) is 9.97 Å². The van der Waals surface area contributed by atoms with Crippen LogP contribution in [0.5, 0.6) is 0 Å². The number of fused-ring (bicyclic) bond motifs is 1. The van der Waals surface area contributed by atoms with Gasteiger partial charge in [0.1, 0.15) is 17.8 Å². The molecule has 186 valence electrons. The van der Waals surface area contributed by atoms with Crippen LogP contribution in [0, 0.1) is 5.92 Å². The Kier molecular flexibility index (Phi) is 6.35. The third kappa shape index (κ3) is 5.39. The summed E-state index contributed by atoms with van der Waals surface area (Å²) in [6, 6.07) is 4.82. The Bertz CT molecular complexity index is 1180. The van der Waals surface area contributed by atoms with E-state index in [9.17, 15) is 18.0 Å². The molecule has 11 heteroatoms. The average molecular weight is 488 g/mol. The first-order valence-corrected chi connectivity index (χ1v) is 11.9. The largest absolute Gasteiger partial charge is 0.417 e. The number of hydrogen-bond donors (Lipinski definition) is 1. The second-order valence-corrected chi connectivity index (χ2v) is 9.48. The first-order valence-electron chi connectivity index (χ1n) is 11.9. The minimum absolute atomic E-state index is 0.287. The summed E-state index contributed by atoms with van der Waals surface area (Å²) in [5.74, 6) is 0.967. The van der Waals surface area contributed by atoms with Crippen molar-refractivity contribution < 1.29 is 18.0 Å². The van der Waals surface area contributed by atoms with E-state index in [1.807, 2.05) is 12.3 Å². The molecule has 2 fully saturated rings. The van der Waals surface area contributed by atoms with Crippen molar-refractivity contribution in [1.82, 2.24) is 24.4 Å². The number of hydrogen-bond acceptors (Lipinski definition) is 6. The van der Waals surface area contributed by atoms with E-state index in [0.717, 1.165) is 74.4 Å². The molecule has 3 aromatic heterocycles. The molecule has 0 spiro atoms. The van der Waals surface area contributed by atoms with Crippen LogP contribution >= 0.6 is 0 Å². The number of anilines is 1. The van der Waals surface area contributed by atoms with Crippen LogP contribution in [0.25, 0.3) is 11.0 Å². The van der Waals surface area contributed by atoms with Gasteiger partial charge in [-0.3, -0.25) is 14.7 Å². The summed E-state index contributed by atoms with van der Waals surface area (Å²) < 4.78 is 40.9. The van der Waals surface area contributed by atoms with Crippen LogP contribution in [0.15, 0.2) is 36.9 Å². The molecule has 2 aliphatic rings. The van der Waals surface area contributed by atoms with Crippen molar-refractivity contribution in [2.75, 3.05) is 24.5 Å². The number of rotatable bonds is 8. The van der Waals surface area contributed by atoms with Gasteiger partial charge in [-0.05, 0) is 62.9 Å². The van der Waals surface area contributed by atoms with Crippen molar-refractivity contribution in [2.24, 2.45) is 11.7 Å². The molecular weight excluding hydrogens is 459 g/mol. The molecule has 1 saturated carbocycles. The number of nitrogens with two attached hydrogens (primary N) is 1. The quantitative estimate of drug-likeness (QED) is 0.525. The summed E-state index contributed by atoms with van der Waals surface area (Å²) in [6.07, 6.45) is 4.06. The SMILES string of the molecule is NC(=O)CN1CCC(Cn2ccc3c(N(Cc4ccc(C(F)(F)F)cn4)C4CC4)ncnc32)CC1. The predicted molar refractivity (Wildman–Crippen MR) is 124 cm³/mol. The highest BCUT2D eigenvalue weighted by molar-refractivity contribution is 5.88. The number of likely N-dealkylation sites (tertiary alicyclic amines) is 1. The number of piperidine rings is 1. The Balaban J connectivity index is 1.32. The van der Waals surface area contributed by atoms with Gasteiger partial charge < -0.3 is 15.2 Å². The van der Waals surface area contributed by atoms with Crippen LogP contribution in [0.1, 0.15) is 36.9 Å². The topological polar surface area (TPSA) is 93.2 Å². The van der Waals surface area contributed by atoms with E-state index in [2.05, 4.69) is 29.3 Å². The zero-order valence-electron chi connectivity index (χ0n) is 19.3. The molecule has 0 bridgehead atoms. The highest BCUT2D eigenvalue weighted by atomic mass is 19.4. The number of pyridine rings is 1. The Labute approximate surface area is 200 Å². The summed E-state index contributed by atoms with van der Waals surface area (Å²) >= 11 is 0. The first kappa shape index (κ1) is 23.5. The van der Waals surface area contributed by atoms with Crippen molar-refractivity contribution in [1.29, 1.82) is 0 Å². The third-order valence-electron chi connectivity index (χ3n) is 6.82. The number of carbonyl (C=O) groups is 1. The highest BCUT2D eigenvalue weighted by Crippen LogP contribution is 2.36. The summed E-state index contributed by atoms with van der Waals surface area (Å²) in [6.45, 7) is 3.22. The number of halogens is 3. The molecule has 5 rings (SSSR count). The van der Waals surface area contributed by atoms with Gasteiger partial charge in [-0.15, -0.1) is 0 Å². The maximum absolute atomic E-state index is 12.9. The average Bonchev–Trinajstić information content (AvgIpc) is 3.59. The van der Waals surface area contributed by atoms with Crippen LogP contribution in [-0.2, 0) is 24.1 Å². The molecule has 0 atom stereocenters. The molecule has 1 aliphatic heterocycles. The number of amides is 1. The zero-order chi connectivity index (χ0) is 24.6. The molecular formula is C24H28F3N7O. The van der Waals surface area contributed by atoms with Crippen molar-refractivity contribution >= 4 is 22.8 Å². The summed E-state index contributed by atoms with van der Waals surface area (Å²) in [7, 11) is 0. The van der Waals surface area contributed by atoms with Crippen molar-refractivity contribution in [3.63, 3.8) is 0 Å². The fourth-order valence-electron chi connectivity index (χ4n) is 4.82. The van der Waals surface area contributed by atoms with Crippen molar-refractivity contribution in [3.8, 4) is 0 Å². The molecule has 0 radical (unpaired) electrons. The molecule has 3 aromatic rings. The second-order valence-electron chi connectivity index (χ2n) is 9.48. The molecule has 0 aromatic carbocycles. The van der Waals surface area contributed by atoms with Gasteiger partial charge in [0.2, 0.25) is 5.91 Å². The minimum atomic E-state index is -4.40. The van der Waals surface area contributed by atoms with Crippen molar-refractivity contribution in [2.45, 2.75) is 51.0 Å². The van der Waals surface area contributed by atoms with E-state index in [1.165, 1.54) is 6.07 Å². The van der Waals surface area contributed by atoms with Gasteiger partial charge in [0.25, 0.3) is 0 Å². The van der Waals surface area contributed by atoms with Gasteiger partial charge in [0, 0.05) is 25.0 Å². The Morgan fingerprint density at radius 3 is 2.49 bits per heavy atom. The number of aromatic nitrogens is 4. The Hall–Kier alpha value is -3.21. The van der Waals surface area contributed by atoms with Gasteiger partial charge >= 0.3 is 6.18 Å². The van der Waals surface area contributed by atoms with E-state index in [4.69, 9.17) is 5.73 Å². The number of alkyl halides is 3. The monoisotopic (exact) mass is 487 g/mol. The maximum Gasteiger partial charge on any atom is 0.417 e. The molecule has 1 aliphatic carbocycles. The number of primary amides is 1. The van der Waals surface area contributed by atoms with Crippen LogP contribution < -0.4 is 10.6 Å². The Morgan fingerprint density at radius 2 is 1.86 bits per heavy atom. The van der Waals surface area contributed by atoms with Crippen molar-refractivity contribution in [3.05, 3.63) is 48.2 Å². The second kappa shape index (κ2) is 9.44. The molecule has 1 amide bonds. The van der Waals surface area contributed by atoms with E-state index >= 15 is 0 Å². The zero-order valence-corrected chi connectivity index (χ0v) is 19.3. The van der Waals surface area contributed by atoms with E-state index in [1.54, 1.807) is 6.33 Å². The van der Waals surface area contributed by atoms with E-state index in [-0.39, 0.29) is 11.9 Å².